The maximum Gasteiger partial charge on any atom is 0.230 e. The molecule has 2 aliphatic heterocycles. The van der Waals surface area contributed by atoms with Gasteiger partial charge in [0, 0.05) is 53.6 Å². The molecule has 0 amide bonds. The molecule has 3 N–H and O–H groups in total. The van der Waals surface area contributed by atoms with Crippen molar-refractivity contribution in [3.63, 3.8) is 0 Å². The maximum absolute atomic E-state index is 10.6. The lowest BCUT2D eigenvalue weighted by Gasteiger charge is -2.25. The van der Waals surface area contributed by atoms with E-state index in [-0.39, 0.29) is 11.3 Å². The Balaban J connectivity index is 1.42. The molecule has 4 aromatic rings. The largest absolute Gasteiger partial charge is 0.420 e. The Morgan fingerprint density at radius 3 is 2.97 bits per heavy atom. The maximum atomic E-state index is 10.6. The van der Waals surface area contributed by atoms with Gasteiger partial charge in [0.25, 0.3) is 0 Å². The number of benzene rings is 1. The van der Waals surface area contributed by atoms with Crippen LogP contribution in [0.25, 0.3) is 21.0 Å². The van der Waals surface area contributed by atoms with Crippen LogP contribution in [0.15, 0.2) is 24.3 Å². The van der Waals surface area contributed by atoms with E-state index in [1.165, 1.54) is 0 Å². The standard InChI is InChI=1S/C23H23ClN6O2S/c1-11-9-25-19-18-12-3-6-17(27-14(12)4-5-16(18)33-20(19)21(31)26-11)32-22-13-10-30(2)8-7-15(13)28-23(24)29-22/h3-6,11,21,25-26,31H,7-10H2,1-2H3/t11-,21?/m1/s1. The number of anilines is 1. The van der Waals surface area contributed by atoms with Gasteiger partial charge in [-0.05, 0) is 43.8 Å². The average Bonchev–Trinajstić information content (AvgIpc) is 3.10. The number of hydrogen-bond acceptors (Lipinski definition) is 9. The summed E-state index contributed by atoms with van der Waals surface area (Å²) in [7, 11) is 2.06. The molecule has 0 radical (unpaired) electrons. The van der Waals surface area contributed by atoms with Crippen molar-refractivity contribution in [3.05, 3.63) is 45.7 Å². The lowest BCUT2D eigenvalue weighted by atomic mass is 10.1. The second-order valence-electron chi connectivity index (χ2n) is 8.66. The number of aromatic nitrogens is 3. The molecular formula is C23H23ClN6O2S. The van der Waals surface area contributed by atoms with Gasteiger partial charge in [-0.25, -0.2) is 9.97 Å². The molecule has 3 aromatic heterocycles. The highest BCUT2D eigenvalue weighted by molar-refractivity contribution is 7.20. The summed E-state index contributed by atoms with van der Waals surface area (Å²) < 4.78 is 7.24. The molecule has 1 aromatic carbocycles. The van der Waals surface area contributed by atoms with Crippen LogP contribution in [0.4, 0.5) is 5.69 Å². The zero-order valence-corrected chi connectivity index (χ0v) is 19.8. The number of ether oxygens (including phenoxy) is 1. The molecule has 2 atom stereocenters. The Labute approximate surface area is 199 Å². The quantitative estimate of drug-likeness (QED) is 0.368. The molecule has 2 aliphatic rings. The Bertz CT molecular complexity index is 1390. The third-order valence-electron chi connectivity index (χ3n) is 6.19. The third kappa shape index (κ3) is 3.70. The molecular weight excluding hydrogens is 460 g/mol. The van der Waals surface area contributed by atoms with E-state index in [2.05, 4.69) is 32.5 Å². The normalized spacial score (nSPS) is 20.8. The molecule has 8 nitrogen and oxygen atoms in total. The van der Waals surface area contributed by atoms with Crippen molar-refractivity contribution >= 4 is 49.6 Å². The van der Waals surface area contributed by atoms with Crippen LogP contribution in [0.5, 0.6) is 11.8 Å². The summed E-state index contributed by atoms with van der Waals surface area (Å²) in [5.74, 6) is 0.912. The summed E-state index contributed by atoms with van der Waals surface area (Å²) in [6, 6.07) is 8.06. The summed E-state index contributed by atoms with van der Waals surface area (Å²) in [4.78, 5) is 16.6. The predicted octanol–water partition coefficient (Wildman–Crippen LogP) is 4.07. The molecule has 170 valence electrons. The Hall–Kier alpha value is -2.56. The minimum absolute atomic E-state index is 0.160. The van der Waals surface area contributed by atoms with E-state index < -0.39 is 6.23 Å². The first-order valence-electron chi connectivity index (χ1n) is 10.9. The molecule has 0 aliphatic carbocycles. The fraction of sp³-hybridized carbons (Fsp3) is 0.348. The van der Waals surface area contributed by atoms with Crippen LogP contribution in [-0.4, -0.2) is 51.1 Å². The minimum atomic E-state index is -0.695. The van der Waals surface area contributed by atoms with E-state index in [0.29, 0.717) is 18.3 Å². The molecule has 0 spiro atoms. The molecule has 0 bridgehead atoms. The van der Waals surface area contributed by atoms with Crippen LogP contribution < -0.4 is 15.4 Å². The van der Waals surface area contributed by atoms with Crippen LogP contribution >= 0.6 is 22.9 Å². The van der Waals surface area contributed by atoms with Gasteiger partial charge in [0.2, 0.25) is 17.0 Å². The summed E-state index contributed by atoms with van der Waals surface area (Å²) in [6.45, 7) is 4.41. The van der Waals surface area contributed by atoms with Gasteiger partial charge < -0.3 is 20.1 Å². The van der Waals surface area contributed by atoms with Crippen LogP contribution in [0, 0.1) is 0 Å². The molecule has 0 fully saturated rings. The highest BCUT2D eigenvalue weighted by Crippen LogP contribution is 2.43. The van der Waals surface area contributed by atoms with Crippen molar-refractivity contribution < 1.29 is 9.84 Å². The van der Waals surface area contributed by atoms with Crippen molar-refractivity contribution in [1.82, 2.24) is 25.2 Å². The highest BCUT2D eigenvalue weighted by Gasteiger charge is 2.26. The number of aliphatic hydroxyl groups excluding tert-OH is 1. The van der Waals surface area contributed by atoms with Crippen LogP contribution in [0.3, 0.4) is 0 Å². The second-order valence-corrected chi connectivity index (χ2v) is 10.1. The second kappa shape index (κ2) is 8.03. The van der Waals surface area contributed by atoms with Crippen molar-refractivity contribution in [2.75, 3.05) is 25.5 Å². The molecule has 0 saturated heterocycles. The number of pyridine rings is 1. The van der Waals surface area contributed by atoms with Crippen molar-refractivity contribution in [2.45, 2.75) is 32.2 Å². The summed E-state index contributed by atoms with van der Waals surface area (Å²) >= 11 is 7.76. The highest BCUT2D eigenvalue weighted by atomic mass is 35.5. The third-order valence-corrected chi connectivity index (χ3v) is 7.56. The number of fused-ring (bicyclic) bond motifs is 6. The van der Waals surface area contributed by atoms with E-state index >= 15 is 0 Å². The van der Waals surface area contributed by atoms with Crippen molar-refractivity contribution in [1.29, 1.82) is 0 Å². The molecule has 0 saturated carbocycles. The molecule has 1 unspecified atom stereocenters. The van der Waals surface area contributed by atoms with E-state index in [0.717, 1.165) is 62.3 Å². The van der Waals surface area contributed by atoms with E-state index in [4.69, 9.17) is 21.3 Å². The number of hydrogen-bond donors (Lipinski definition) is 3. The van der Waals surface area contributed by atoms with Gasteiger partial charge in [0.15, 0.2) is 0 Å². The molecule has 10 heteroatoms. The van der Waals surface area contributed by atoms with Gasteiger partial charge in [-0.3, -0.25) is 5.32 Å². The number of thiophene rings is 1. The topological polar surface area (TPSA) is 95.4 Å². The number of nitrogens with one attached hydrogen (secondary N) is 2. The van der Waals surface area contributed by atoms with Crippen LogP contribution in [-0.2, 0) is 13.0 Å². The first kappa shape index (κ1) is 21.0. The summed E-state index contributed by atoms with van der Waals surface area (Å²) in [6.07, 6.45) is 0.114. The lowest BCUT2D eigenvalue weighted by Crippen LogP contribution is -2.32. The minimum Gasteiger partial charge on any atom is -0.420 e. The zero-order chi connectivity index (χ0) is 22.7. The fourth-order valence-electron chi connectivity index (χ4n) is 4.56. The number of halogens is 1. The SMILES string of the molecule is C[C@@H]1CNc2c(sc3ccc4nc(Oc5nc(Cl)nc6c5CN(C)CC6)ccc4c23)C(O)N1. The number of likely N-dealkylation sites (N-methyl/N-ethyl adjacent to an activating group) is 1. The van der Waals surface area contributed by atoms with Gasteiger partial charge in [0.05, 0.1) is 27.3 Å². The first-order valence-corrected chi connectivity index (χ1v) is 12.1. The summed E-state index contributed by atoms with van der Waals surface area (Å²) in [5.41, 5.74) is 3.67. The lowest BCUT2D eigenvalue weighted by molar-refractivity contribution is 0.134. The monoisotopic (exact) mass is 482 g/mol. The van der Waals surface area contributed by atoms with Gasteiger partial charge in [-0.1, -0.05) is 0 Å². The smallest absolute Gasteiger partial charge is 0.230 e. The van der Waals surface area contributed by atoms with Gasteiger partial charge in [0.1, 0.15) is 6.23 Å². The summed E-state index contributed by atoms with van der Waals surface area (Å²) in [5, 5.41) is 19.6. The van der Waals surface area contributed by atoms with E-state index in [1.54, 1.807) is 11.3 Å². The van der Waals surface area contributed by atoms with Gasteiger partial charge in [-0.15, -0.1) is 11.3 Å². The van der Waals surface area contributed by atoms with E-state index in [9.17, 15) is 5.11 Å². The molecule has 33 heavy (non-hydrogen) atoms. The van der Waals surface area contributed by atoms with Gasteiger partial charge >= 0.3 is 0 Å². The molecule has 6 rings (SSSR count). The number of aliphatic hydroxyl groups is 1. The Morgan fingerprint density at radius 1 is 1.21 bits per heavy atom. The molecule has 5 heterocycles. The first-order chi connectivity index (χ1) is 16.0. The number of nitrogens with zero attached hydrogens (tertiary/aromatic N) is 4. The zero-order valence-electron chi connectivity index (χ0n) is 18.2. The van der Waals surface area contributed by atoms with E-state index in [1.807, 2.05) is 31.2 Å². The average molecular weight is 483 g/mol. The van der Waals surface area contributed by atoms with Gasteiger partial charge in [-0.2, -0.15) is 4.98 Å². The van der Waals surface area contributed by atoms with Crippen molar-refractivity contribution in [2.24, 2.45) is 0 Å². The van der Waals surface area contributed by atoms with Crippen LogP contribution in [0.1, 0.15) is 29.3 Å². The Morgan fingerprint density at radius 2 is 2.09 bits per heavy atom. The van der Waals surface area contributed by atoms with Crippen molar-refractivity contribution in [3.8, 4) is 11.8 Å². The Kier molecular flexibility index (Phi) is 5.11. The fourth-order valence-corrected chi connectivity index (χ4v) is 5.88. The van der Waals surface area contributed by atoms with Crippen LogP contribution in [0.2, 0.25) is 5.28 Å². The number of rotatable bonds is 2. The predicted molar refractivity (Wildman–Crippen MR) is 130 cm³/mol.